The minimum absolute atomic E-state index is 0.188. The number of nitrogens with one attached hydrogen (secondary N) is 2. The van der Waals surface area contributed by atoms with Crippen LogP contribution < -0.4 is 26.2 Å². The van der Waals surface area contributed by atoms with Gasteiger partial charge < -0.3 is 31.1 Å². The number of primary amides is 1. The van der Waals surface area contributed by atoms with Crippen molar-refractivity contribution in [2.75, 3.05) is 87.6 Å². The van der Waals surface area contributed by atoms with Gasteiger partial charge in [-0.05, 0) is 57.0 Å². The Morgan fingerprint density at radius 3 is 2.37 bits per heavy atom. The van der Waals surface area contributed by atoms with E-state index in [1.54, 1.807) is 0 Å². The summed E-state index contributed by atoms with van der Waals surface area (Å²) in [5, 5.41) is 6.74. The molecule has 4 N–H and O–H groups in total. The first-order valence-corrected chi connectivity index (χ1v) is 14.1. The van der Waals surface area contributed by atoms with Gasteiger partial charge in [-0.3, -0.25) is 9.69 Å². The zero-order valence-electron chi connectivity index (χ0n) is 23.2. The molecule has 3 saturated heterocycles. The predicted octanol–water partition coefficient (Wildman–Crippen LogP) is 1.82. The molecule has 4 heterocycles. The number of amides is 1. The van der Waals surface area contributed by atoms with Crippen LogP contribution in [0.2, 0.25) is 0 Å². The number of carbonyl (C=O) groups excluding carboxylic acids is 1. The van der Waals surface area contributed by atoms with Gasteiger partial charge in [-0.1, -0.05) is 6.92 Å². The molecule has 1 aromatic carbocycles. The number of piperidine rings is 1. The highest BCUT2D eigenvalue weighted by molar-refractivity contribution is 5.96. The second kappa shape index (κ2) is 11.8. The molecule has 2 aromatic rings. The SMILES string of the molecule is CCc1nc(C(N)=O)c(Nc2ccc(N3CCC(N4CCN(C)CC4)CC3)c(C)c2)nc1N1CCNCC1. The molecule has 0 unspecified atom stereocenters. The molecule has 3 aliphatic heterocycles. The van der Waals surface area contributed by atoms with Crippen molar-refractivity contribution < 1.29 is 4.79 Å². The lowest BCUT2D eigenvalue weighted by molar-refractivity contribution is 0.0982. The number of aryl methyl sites for hydroxylation is 2. The molecule has 0 atom stereocenters. The molecule has 3 fully saturated rings. The van der Waals surface area contributed by atoms with E-state index in [2.05, 4.69) is 67.4 Å². The minimum Gasteiger partial charge on any atom is -0.371 e. The summed E-state index contributed by atoms with van der Waals surface area (Å²) in [5.74, 6) is 0.680. The summed E-state index contributed by atoms with van der Waals surface area (Å²) in [6, 6.07) is 7.08. The summed E-state index contributed by atoms with van der Waals surface area (Å²) >= 11 is 0. The average molecular weight is 522 g/mol. The number of hydrogen-bond acceptors (Lipinski definition) is 9. The van der Waals surface area contributed by atoms with Gasteiger partial charge in [-0.2, -0.15) is 0 Å². The summed E-state index contributed by atoms with van der Waals surface area (Å²) in [6.45, 7) is 14.6. The van der Waals surface area contributed by atoms with Gasteiger partial charge in [0.2, 0.25) is 0 Å². The van der Waals surface area contributed by atoms with Gasteiger partial charge in [0.25, 0.3) is 5.91 Å². The Kier molecular flexibility index (Phi) is 8.30. The van der Waals surface area contributed by atoms with Crippen LogP contribution in [0.15, 0.2) is 18.2 Å². The molecule has 0 bridgehead atoms. The number of aromatic nitrogens is 2. The maximum Gasteiger partial charge on any atom is 0.271 e. The molecule has 0 saturated carbocycles. The van der Waals surface area contributed by atoms with E-state index >= 15 is 0 Å². The van der Waals surface area contributed by atoms with Crippen LogP contribution in [0.25, 0.3) is 0 Å². The van der Waals surface area contributed by atoms with Crippen LogP contribution in [0.5, 0.6) is 0 Å². The summed E-state index contributed by atoms with van der Waals surface area (Å²) in [4.78, 5) is 31.7. The quantitative estimate of drug-likeness (QED) is 0.503. The maximum absolute atomic E-state index is 12.3. The van der Waals surface area contributed by atoms with Gasteiger partial charge in [0, 0.05) is 82.9 Å². The van der Waals surface area contributed by atoms with Crippen LogP contribution in [-0.4, -0.2) is 104 Å². The van der Waals surface area contributed by atoms with Crippen molar-refractivity contribution in [1.29, 1.82) is 0 Å². The zero-order chi connectivity index (χ0) is 26.6. The van der Waals surface area contributed by atoms with Crippen LogP contribution in [0.4, 0.5) is 23.0 Å². The number of piperazine rings is 2. The lowest BCUT2D eigenvalue weighted by atomic mass is 10.0. The van der Waals surface area contributed by atoms with E-state index in [1.807, 2.05) is 6.92 Å². The van der Waals surface area contributed by atoms with E-state index in [9.17, 15) is 4.79 Å². The van der Waals surface area contributed by atoms with Gasteiger partial charge in [-0.15, -0.1) is 0 Å². The molecule has 10 heteroatoms. The van der Waals surface area contributed by atoms with Gasteiger partial charge in [0.15, 0.2) is 17.3 Å². The average Bonchev–Trinajstić information content (AvgIpc) is 2.94. The molecular formula is C28H43N9O. The normalized spacial score (nSPS) is 20.1. The summed E-state index contributed by atoms with van der Waals surface area (Å²) in [7, 11) is 2.22. The summed E-state index contributed by atoms with van der Waals surface area (Å²) in [6.07, 6.45) is 3.10. The van der Waals surface area contributed by atoms with Crippen LogP contribution in [-0.2, 0) is 6.42 Å². The number of nitrogens with zero attached hydrogens (tertiary/aromatic N) is 6. The minimum atomic E-state index is -0.571. The lowest BCUT2D eigenvalue weighted by Gasteiger charge is -2.43. The number of carbonyl (C=O) groups is 1. The maximum atomic E-state index is 12.3. The van der Waals surface area contributed by atoms with Crippen molar-refractivity contribution in [3.8, 4) is 0 Å². The number of anilines is 4. The first-order valence-electron chi connectivity index (χ1n) is 14.1. The van der Waals surface area contributed by atoms with Crippen LogP contribution in [0.3, 0.4) is 0 Å². The van der Waals surface area contributed by atoms with E-state index in [4.69, 9.17) is 10.7 Å². The third kappa shape index (κ3) is 5.87. The van der Waals surface area contributed by atoms with Crippen molar-refractivity contribution in [1.82, 2.24) is 25.1 Å². The molecule has 0 spiro atoms. The van der Waals surface area contributed by atoms with Crippen molar-refractivity contribution in [3.05, 3.63) is 35.2 Å². The first-order chi connectivity index (χ1) is 18.4. The molecule has 1 aromatic heterocycles. The molecule has 1 amide bonds. The smallest absolute Gasteiger partial charge is 0.271 e. The molecule has 0 aliphatic carbocycles. The molecule has 0 radical (unpaired) electrons. The van der Waals surface area contributed by atoms with E-state index in [-0.39, 0.29) is 5.69 Å². The van der Waals surface area contributed by atoms with Gasteiger partial charge in [0.05, 0.1) is 5.69 Å². The van der Waals surface area contributed by atoms with E-state index in [0.29, 0.717) is 18.3 Å². The molecule has 206 valence electrons. The third-order valence-corrected chi connectivity index (χ3v) is 8.25. The first kappa shape index (κ1) is 26.6. The number of rotatable bonds is 7. The fraction of sp³-hybridized carbons (Fsp3) is 0.607. The molecular weight excluding hydrogens is 478 g/mol. The highest BCUT2D eigenvalue weighted by Crippen LogP contribution is 2.30. The van der Waals surface area contributed by atoms with Crippen molar-refractivity contribution in [2.24, 2.45) is 5.73 Å². The fourth-order valence-electron chi connectivity index (χ4n) is 5.97. The van der Waals surface area contributed by atoms with Crippen molar-refractivity contribution in [3.63, 3.8) is 0 Å². The Bertz CT molecular complexity index is 1120. The van der Waals surface area contributed by atoms with Crippen LogP contribution in [0.1, 0.15) is 41.5 Å². The second-order valence-corrected chi connectivity index (χ2v) is 10.8. The second-order valence-electron chi connectivity index (χ2n) is 10.8. The highest BCUT2D eigenvalue weighted by atomic mass is 16.1. The topological polar surface area (TPSA) is 106 Å². The monoisotopic (exact) mass is 521 g/mol. The zero-order valence-corrected chi connectivity index (χ0v) is 23.2. The molecule has 38 heavy (non-hydrogen) atoms. The Morgan fingerprint density at radius 2 is 1.74 bits per heavy atom. The van der Waals surface area contributed by atoms with Gasteiger partial charge in [-0.25, -0.2) is 9.97 Å². The Hall–Kier alpha value is -2.95. The van der Waals surface area contributed by atoms with Gasteiger partial charge in [0.1, 0.15) is 0 Å². The number of likely N-dealkylation sites (N-methyl/N-ethyl adjacent to an activating group) is 1. The summed E-state index contributed by atoms with van der Waals surface area (Å²) in [5.41, 5.74) is 10.1. The molecule has 10 nitrogen and oxygen atoms in total. The lowest BCUT2D eigenvalue weighted by Crippen LogP contribution is -2.52. The van der Waals surface area contributed by atoms with Crippen molar-refractivity contribution >= 4 is 28.9 Å². The number of nitrogens with two attached hydrogens (primary N) is 1. The van der Waals surface area contributed by atoms with Crippen molar-refractivity contribution in [2.45, 2.75) is 39.2 Å². The van der Waals surface area contributed by atoms with Gasteiger partial charge >= 0.3 is 0 Å². The fourth-order valence-corrected chi connectivity index (χ4v) is 5.97. The van der Waals surface area contributed by atoms with Crippen LogP contribution in [0, 0.1) is 6.92 Å². The molecule has 3 aliphatic rings. The predicted molar refractivity (Wildman–Crippen MR) is 154 cm³/mol. The third-order valence-electron chi connectivity index (χ3n) is 8.25. The Labute approximate surface area is 226 Å². The highest BCUT2D eigenvalue weighted by Gasteiger charge is 2.27. The van der Waals surface area contributed by atoms with Crippen LogP contribution >= 0.6 is 0 Å². The van der Waals surface area contributed by atoms with E-state index in [1.165, 1.54) is 50.3 Å². The molecule has 5 rings (SSSR count). The van der Waals surface area contributed by atoms with E-state index in [0.717, 1.165) is 56.5 Å². The van der Waals surface area contributed by atoms with E-state index < -0.39 is 5.91 Å². The Morgan fingerprint density at radius 1 is 1.03 bits per heavy atom. The largest absolute Gasteiger partial charge is 0.371 e. The standard InChI is InChI=1S/C28H43N9O/c1-4-23-28(37-13-9-30-10-14-37)33-27(25(32-23)26(29)38)31-21-5-6-24(20(2)19-21)36-11-7-22(8-12-36)35-17-15-34(3)16-18-35/h5-6,19,22,30H,4,7-18H2,1-3H3,(H2,29,38)(H,31,33). The number of hydrogen-bond donors (Lipinski definition) is 3. The Balaban J connectivity index is 1.30. The number of benzene rings is 1. The summed E-state index contributed by atoms with van der Waals surface area (Å²) < 4.78 is 0.